The lowest BCUT2D eigenvalue weighted by Crippen LogP contribution is -2.28. The van der Waals surface area contributed by atoms with Gasteiger partial charge in [-0.05, 0) is 49.2 Å². The SMILES string of the molecule is Cc1ccc(NC(=O)/C(C#N)=C/c2ccc(OCC(=O)[O-])cc2)c(C)c1. The van der Waals surface area contributed by atoms with Crippen LogP contribution in [-0.4, -0.2) is 18.5 Å². The van der Waals surface area contributed by atoms with Crippen molar-refractivity contribution in [2.45, 2.75) is 13.8 Å². The molecule has 6 nitrogen and oxygen atoms in total. The zero-order valence-corrected chi connectivity index (χ0v) is 14.4. The molecule has 26 heavy (non-hydrogen) atoms. The maximum Gasteiger partial charge on any atom is 0.266 e. The Labute approximate surface area is 151 Å². The molecule has 1 amide bonds. The summed E-state index contributed by atoms with van der Waals surface area (Å²) in [5.41, 5.74) is 3.20. The zero-order chi connectivity index (χ0) is 19.1. The van der Waals surface area contributed by atoms with Crippen molar-refractivity contribution in [2.75, 3.05) is 11.9 Å². The van der Waals surface area contributed by atoms with Gasteiger partial charge in [0, 0.05) is 5.69 Å². The highest BCUT2D eigenvalue weighted by molar-refractivity contribution is 6.09. The number of carbonyl (C=O) groups excluding carboxylic acids is 2. The molecule has 1 N–H and O–H groups in total. The van der Waals surface area contributed by atoms with Gasteiger partial charge in [0.15, 0.2) is 0 Å². The van der Waals surface area contributed by atoms with Crippen LogP contribution in [0.15, 0.2) is 48.0 Å². The molecule has 0 spiro atoms. The predicted octanol–water partition coefficient (Wildman–Crippen LogP) is 1.98. The molecule has 0 aromatic heterocycles. The fourth-order valence-electron chi connectivity index (χ4n) is 2.26. The topological polar surface area (TPSA) is 102 Å². The van der Waals surface area contributed by atoms with Crippen molar-refractivity contribution < 1.29 is 19.4 Å². The summed E-state index contributed by atoms with van der Waals surface area (Å²) in [6.07, 6.45) is 1.45. The van der Waals surface area contributed by atoms with Crippen molar-refractivity contribution in [3.8, 4) is 11.8 Å². The molecule has 132 valence electrons. The minimum atomic E-state index is -1.32. The summed E-state index contributed by atoms with van der Waals surface area (Å²) >= 11 is 0. The third-order valence-electron chi connectivity index (χ3n) is 3.54. The molecule has 0 atom stereocenters. The normalized spacial score (nSPS) is 10.7. The minimum Gasteiger partial charge on any atom is -0.546 e. The van der Waals surface area contributed by atoms with E-state index in [-0.39, 0.29) is 5.57 Å². The van der Waals surface area contributed by atoms with Gasteiger partial charge in [-0.1, -0.05) is 29.8 Å². The molecule has 2 aromatic rings. The minimum absolute atomic E-state index is 0.0478. The number of hydrogen-bond donors (Lipinski definition) is 1. The van der Waals surface area contributed by atoms with Crippen LogP contribution in [0.3, 0.4) is 0 Å². The van der Waals surface area contributed by atoms with Gasteiger partial charge in [0.2, 0.25) is 0 Å². The molecule has 0 saturated heterocycles. The number of anilines is 1. The van der Waals surface area contributed by atoms with E-state index < -0.39 is 18.5 Å². The van der Waals surface area contributed by atoms with E-state index in [1.54, 1.807) is 30.3 Å². The number of carboxylic acids is 1. The number of benzene rings is 2. The first kappa shape index (κ1) is 18.7. The van der Waals surface area contributed by atoms with Gasteiger partial charge >= 0.3 is 0 Å². The number of amides is 1. The smallest absolute Gasteiger partial charge is 0.266 e. The number of nitrogens with zero attached hydrogens (tertiary/aromatic N) is 1. The number of aliphatic carboxylic acids is 1. The maximum atomic E-state index is 12.3. The second kappa shape index (κ2) is 8.49. The lowest BCUT2D eigenvalue weighted by molar-refractivity contribution is -0.307. The van der Waals surface area contributed by atoms with Crippen LogP contribution in [0, 0.1) is 25.2 Å². The first-order valence-corrected chi connectivity index (χ1v) is 7.82. The summed E-state index contributed by atoms with van der Waals surface area (Å²) in [6.45, 7) is 3.29. The standard InChI is InChI=1S/C20H18N2O4/c1-13-3-8-18(14(2)9-13)22-20(25)16(11-21)10-15-4-6-17(7-5-15)26-12-19(23)24/h3-10H,12H2,1-2H3,(H,22,25)(H,23,24)/p-1/b16-10+. The zero-order valence-electron chi connectivity index (χ0n) is 14.4. The van der Waals surface area contributed by atoms with Gasteiger partial charge < -0.3 is 20.0 Å². The number of aryl methyl sites for hydroxylation is 2. The first-order chi connectivity index (χ1) is 12.4. The molecule has 0 heterocycles. The predicted molar refractivity (Wildman–Crippen MR) is 95.1 cm³/mol. The average Bonchev–Trinajstić information content (AvgIpc) is 2.61. The Balaban J connectivity index is 2.12. The highest BCUT2D eigenvalue weighted by atomic mass is 16.5. The van der Waals surface area contributed by atoms with Crippen LogP contribution < -0.4 is 15.2 Å². The average molecular weight is 349 g/mol. The number of hydrogen-bond acceptors (Lipinski definition) is 5. The van der Waals surface area contributed by atoms with E-state index in [1.165, 1.54) is 6.08 Å². The number of ether oxygens (including phenoxy) is 1. The Morgan fingerprint density at radius 1 is 1.19 bits per heavy atom. The molecule has 6 heteroatoms. The quantitative estimate of drug-likeness (QED) is 0.634. The Bertz CT molecular complexity index is 893. The van der Waals surface area contributed by atoms with Gasteiger partial charge in [-0.25, -0.2) is 0 Å². The summed E-state index contributed by atoms with van der Waals surface area (Å²) in [7, 11) is 0. The number of nitriles is 1. The van der Waals surface area contributed by atoms with Crippen LogP contribution >= 0.6 is 0 Å². The van der Waals surface area contributed by atoms with Crippen LogP contribution in [-0.2, 0) is 9.59 Å². The highest BCUT2D eigenvalue weighted by Gasteiger charge is 2.11. The van der Waals surface area contributed by atoms with Crippen LogP contribution in [0.5, 0.6) is 5.75 Å². The number of nitrogens with one attached hydrogen (secondary N) is 1. The van der Waals surface area contributed by atoms with Crippen molar-refractivity contribution >= 4 is 23.6 Å². The first-order valence-electron chi connectivity index (χ1n) is 7.82. The second-order valence-electron chi connectivity index (χ2n) is 5.67. The molecule has 0 fully saturated rings. The third-order valence-corrected chi connectivity index (χ3v) is 3.54. The van der Waals surface area contributed by atoms with E-state index in [1.807, 2.05) is 32.0 Å². The Hall–Kier alpha value is -3.59. The fourth-order valence-corrected chi connectivity index (χ4v) is 2.26. The largest absolute Gasteiger partial charge is 0.546 e. The van der Waals surface area contributed by atoms with Gasteiger partial charge in [0.25, 0.3) is 5.91 Å². The summed E-state index contributed by atoms with van der Waals surface area (Å²) in [5.74, 6) is -1.47. The maximum absolute atomic E-state index is 12.3. The van der Waals surface area contributed by atoms with E-state index in [4.69, 9.17) is 4.74 Å². The van der Waals surface area contributed by atoms with Crippen LogP contribution in [0.2, 0.25) is 0 Å². The molecular weight excluding hydrogens is 332 g/mol. The molecule has 0 saturated carbocycles. The van der Waals surface area contributed by atoms with Crippen LogP contribution in [0.1, 0.15) is 16.7 Å². The molecular formula is C20H17N2O4-. The van der Waals surface area contributed by atoms with E-state index in [9.17, 15) is 20.0 Å². The van der Waals surface area contributed by atoms with Gasteiger partial charge in [0.05, 0.1) is 5.97 Å². The second-order valence-corrected chi connectivity index (χ2v) is 5.67. The van der Waals surface area contributed by atoms with E-state index in [0.29, 0.717) is 17.0 Å². The lowest BCUT2D eigenvalue weighted by Gasteiger charge is -2.09. The molecule has 0 aliphatic heterocycles. The van der Waals surface area contributed by atoms with Gasteiger partial charge in [-0.15, -0.1) is 0 Å². The van der Waals surface area contributed by atoms with Crippen molar-refractivity contribution in [3.05, 3.63) is 64.7 Å². The summed E-state index contributed by atoms with van der Waals surface area (Å²) in [5, 5.41) is 22.4. The Kier molecular flexibility index (Phi) is 6.12. The Morgan fingerprint density at radius 2 is 1.88 bits per heavy atom. The van der Waals surface area contributed by atoms with Crippen LogP contribution in [0.4, 0.5) is 5.69 Å². The number of carboxylic acid groups (broad SMARTS) is 1. The van der Waals surface area contributed by atoms with E-state index in [0.717, 1.165) is 11.1 Å². The number of carbonyl (C=O) groups is 2. The van der Waals surface area contributed by atoms with Crippen molar-refractivity contribution in [1.82, 2.24) is 0 Å². The molecule has 0 aliphatic rings. The molecule has 2 aromatic carbocycles. The fraction of sp³-hybridized carbons (Fsp3) is 0.150. The summed E-state index contributed by atoms with van der Waals surface area (Å²) in [6, 6.07) is 13.8. The monoisotopic (exact) mass is 349 g/mol. The summed E-state index contributed by atoms with van der Waals surface area (Å²) < 4.78 is 4.98. The van der Waals surface area contributed by atoms with E-state index >= 15 is 0 Å². The van der Waals surface area contributed by atoms with E-state index in [2.05, 4.69) is 5.32 Å². The van der Waals surface area contributed by atoms with Gasteiger partial charge in [0.1, 0.15) is 24.0 Å². The van der Waals surface area contributed by atoms with Crippen molar-refractivity contribution in [1.29, 1.82) is 5.26 Å². The van der Waals surface area contributed by atoms with Crippen molar-refractivity contribution in [2.24, 2.45) is 0 Å². The number of rotatable bonds is 6. The lowest BCUT2D eigenvalue weighted by atomic mass is 10.1. The van der Waals surface area contributed by atoms with Gasteiger partial charge in [-0.2, -0.15) is 5.26 Å². The summed E-state index contributed by atoms with van der Waals surface area (Å²) in [4.78, 5) is 22.7. The molecule has 0 bridgehead atoms. The van der Waals surface area contributed by atoms with Gasteiger partial charge in [-0.3, -0.25) is 4.79 Å². The highest BCUT2D eigenvalue weighted by Crippen LogP contribution is 2.18. The molecule has 0 unspecified atom stereocenters. The van der Waals surface area contributed by atoms with Crippen molar-refractivity contribution in [3.63, 3.8) is 0 Å². The molecule has 0 aliphatic carbocycles. The van der Waals surface area contributed by atoms with Crippen LogP contribution in [0.25, 0.3) is 6.08 Å². The Morgan fingerprint density at radius 3 is 2.46 bits per heavy atom. The molecule has 0 radical (unpaired) electrons. The third kappa shape index (κ3) is 5.21. The molecule has 2 rings (SSSR count).